The molecule has 1 nitrogen and oxygen atoms in total. The lowest BCUT2D eigenvalue weighted by Gasteiger charge is -2.21. The van der Waals surface area contributed by atoms with Gasteiger partial charge in [0.15, 0.2) is 0 Å². The van der Waals surface area contributed by atoms with Crippen LogP contribution in [-0.2, 0) is 0 Å². The Labute approximate surface area is 135 Å². The second-order valence-electron chi connectivity index (χ2n) is 4.49. The van der Waals surface area contributed by atoms with Crippen LogP contribution in [0.1, 0.15) is 33.6 Å². The van der Waals surface area contributed by atoms with Gasteiger partial charge in [0.25, 0.3) is 0 Å². The number of nitrogens with one attached hydrogen (secondary N) is 1. The smallest absolute Gasteiger partial charge is 0.0931 e. The summed E-state index contributed by atoms with van der Waals surface area (Å²) < 4.78 is 0.840. The van der Waals surface area contributed by atoms with Gasteiger partial charge in [0.05, 0.1) is 10.4 Å². The van der Waals surface area contributed by atoms with E-state index in [1.54, 1.807) is 34.0 Å². The molecule has 3 rings (SSSR count). The first-order chi connectivity index (χ1) is 9.74. The lowest BCUT2D eigenvalue weighted by molar-refractivity contribution is 0.533. The van der Waals surface area contributed by atoms with Crippen LogP contribution in [-0.4, -0.2) is 0 Å². The van der Waals surface area contributed by atoms with Crippen molar-refractivity contribution in [3.05, 3.63) is 66.1 Å². The largest absolute Gasteiger partial charge is 0.297 e. The molecule has 1 unspecified atom stereocenters. The Kier molecular flexibility index (Phi) is 4.58. The molecule has 2 atom stereocenters. The highest BCUT2D eigenvalue weighted by Crippen LogP contribution is 2.35. The normalized spacial score (nSPS) is 14.3. The summed E-state index contributed by atoms with van der Waals surface area (Å²) in [4.78, 5) is 3.95. The molecule has 0 saturated carbocycles. The maximum absolute atomic E-state index is 6.10. The Balaban J connectivity index is 1.87. The third kappa shape index (κ3) is 3.15. The lowest BCUT2D eigenvalue weighted by Crippen LogP contribution is -2.23. The molecule has 0 radical (unpaired) electrons. The number of hydrogen-bond acceptors (Lipinski definition) is 4. The summed E-state index contributed by atoms with van der Waals surface area (Å²) in [5, 5.41) is 7.96. The first kappa shape index (κ1) is 14.3. The minimum absolute atomic E-state index is 0.213. The Morgan fingerprint density at radius 1 is 0.950 bits per heavy atom. The molecule has 3 aromatic rings. The average molecular weight is 340 g/mol. The van der Waals surface area contributed by atoms with Gasteiger partial charge in [0.2, 0.25) is 0 Å². The van der Waals surface area contributed by atoms with E-state index in [-0.39, 0.29) is 6.04 Å². The van der Waals surface area contributed by atoms with Gasteiger partial charge in [-0.25, -0.2) is 0 Å². The fourth-order valence-corrected chi connectivity index (χ4v) is 4.87. The van der Waals surface area contributed by atoms with Gasteiger partial charge < -0.3 is 0 Å². The molecule has 0 amide bonds. The molecule has 0 bridgehead atoms. The molecule has 0 aliphatic heterocycles. The zero-order valence-corrected chi connectivity index (χ0v) is 14.1. The maximum Gasteiger partial charge on any atom is 0.0931 e. The Morgan fingerprint density at radius 3 is 2.20 bits per heavy atom. The van der Waals surface area contributed by atoms with Crippen LogP contribution in [0.4, 0.5) is 0 Å². The molecule has 0 aliphatic carbocycles. The summed E-state index contributed by atoms with van der Waals surface area (Å²) in [6, 6.07) is 13.2. The van der Waals surface area contributed by atoms with Gasteiger partial charge in [-0.15, -0.1) is 34.0 Å². The van der Waals surface area contributed by atoms with Crippen molar-refractivity contribution in [2.45, 2.75) is 19.0 Å². The van der Waals surface area contributed by atoms with Crippen LogP contribution in [0.3, 0.4) is 0 Å². The van der Waals surface area contributed by atoms with Crippen LogP contribution in [0.2, 0.25) is 4.34 Å². The monoisotopic (exact) mass is 339 g/mol. The lowest BCUT2D eigenvalue weighted by atomic mass is 10.1. The highest BCUT2D eigenvalue weighted by Gasteiger charge is 2.20. The standard InChI is InChI=1S/C15H14ClNS3/c1-10(11-4-2-8-18-11)17-15(12-5-3-9-19-12)13-6-7-14(16)20-13/h2-10,15,17H,1H3/t10-,15?/m1/s1. The van der Waals surface area contributed by atoms with E-state index in [1.165, 1.54) is 14.6 Å². The summed E-state index contributed by atoms with van der Waals surface area (Å²) >= 11 is 11.3. The molecule has 104 valence electrons. The molecule has 5 heteroatoms. The summed E-state index contributed by atoms with van der Waals surface area (Å²) in [7, 11) is 0. The predicted molar refractivity (Wildman–Crippen MR) is 91.4 cm³/mol. The van der Waals surface area contributed by atoms with Crippen molar-refractivity contribution in [3.8, 4) is 0 Å². The van der Waals surface area contributed by atoms with Gasteiger partial charge in [0, 0.05) is 20.7 Å². The molecule has 0 fully saturated rings. The summed E-state index contributed by atoms with van der Waals surface area (Å²) in [5.41, 5.74) is 0. The van der Waals surface area contributed by atoms with Crippen molar-refractivity contribution >= 4 is 45.6 Å². The van der Waals surface area contributed by atoms with E-state index in [9.17, 15) is 0 Å². The third-order valence-corrected chi connectivity index (χ3v) is 6.38. The van der Waals surface area contributed by atoms with Crippen molar-refractivity contribution in [1.82, 2.24) is 5.32 Å². The van der Waals surface area contributed by atoms with Crippen molar-refractivity contribution < 1.29 is 0 Å². The summed E-state index contributed by atoms with van der Waals surface area (Å²) in [5.74, 6) is 0. The van der Waals surface area contributed by atoms with Crippen LogP contribution in [0.5, 0.6) is 0 Å². The zero-order chi connectivity index (χ0) is 13.9. The average Bonchev–Trinajstić information content (AvgIpc) is 3.17. The summed E-state index contributed by atoms with van der Waals surface area (Å²) in [6.07, 6.45) is 0. The van der Waals surface area contributed by atoms with E-state index in [0.717, 1.165) is 4.34 Å². The molecule has 0 spiro atoms. The van der Waals surface area contributed by atoms with Gasteiger partial charge >= 0.3 is 0 Å². The van der Waals surface area contributed by atoms with Crippen molar-refractivity contribution in [1.29, 1.82) is 0 Å². The molecular formula is C15H14ClNS3. The molecule has 0 aromatic carbocycles. The third-order valence-electron chi connectivity index (χ3n) is 3.09. The van der Waals surface area contributed by atoms with E-state index in [0.29, 0.717) is 6.04 Å². The highest BCUT2D eigenvalue weighted by molar-refractivity contribution is 7.16. The highest BCUT2D eigenvalue weighted by atomic mass is 35.5. The van der Waals surface area contributed by atoms with Crippen LogP contribution in [0, 0.1) is 0 Å². The van der Waals surface area contributed by atoms with Crippen molar-refractivity contribution in [3.63, 3.8) is 0 Å². The van der Waals surface area contributed by atoms with E-state index in [4.69, 9.17) is 11.6 Å². The van der Waals surface area contributed by atoms with Gasteiger partial charge in [-0.2, -0.15) is 0 Å². The molecule has 0 saturated heterocycles. The van der Waals surface area contributed by atoms with Gasteiger partial charge in [-0.1, -0.05) is 23.7 Å². The summed E-state index contributed by atoms with van der Waals surface area (Å²) in [6.45, 7) is 2.21. The van der Waals surface area contributed by atoms with Crippen LogP contribution in [0.25, 0.3) is 0 Å². The van der Waals surface area contributed by atoms with Crippen LogP contribution < -0.4 is 5.32 Å². The zero-order valence-electron chi connectivity index (χ0n) is 10.9. The Hall–Kier alpha value is -0.650. The second-order valence-corrected chi connectivity index (χ2v) is 8.20. The second kappa shape index (κ2) is 6.41. The fourth-order valence-electron chi connectivity index (χ4n) is 2.11. The van der Waals surface area contributed by atoms with E-state index in [2.05, 4.69) is 53.3 Å². The first-order valence-corrected chi connectivity index (χ1v) is 9.27. The quantitative estimate of drug-likeness (QED) is 0.604. The number of halogens is 1. The fraction of sp³-hybridized carbons (Fsp3) is 0.200. The first-order valence-electron chi connectivity index (χ1n) is 6.32. The maximum atomic E-state index is 6.10. The van der Waals surface area contributed by atoms with E-state index < -0.39 is 0 Å². The minimum atomic E-state index is 0.213. The van der Waals surface area contributed by atoms with Crippen LogP contribution >= 0.6 is 45.6 Å². The van der Waals surface area contributed by atoms with Crippen molar-refractivity contribution in [2.75, 3.05) is 0 Å². The Morgan fingerprint density at radius 2 is 1.65 bits per heavy atom. The van der Waals surface area contributed by atoms with Gasteiger partial charge in [0.1, 0.15) is 0 Å². The number of rotatable bonds is 5. The van der Waals surface area contributed by atoms with Crippen LogP contribution in [0.15, 0.2) is 47.2 Å². The minimum Gasteiger partial charge on any atom is -0.297 e. The molecule has 3 aromatic heterocycles. The topological polar surface area (TPSA) is 12.0 Å². The number of hydrogen-bond donors (Lipinski definition) is 1. The molecule has 20 heavy (non-hydrogen) atoms. The SMILES string of the molecule is C[C@@H](NC(c1cccs1)c1ccc(Cl)s1)c1cccs1. The Bertz CT molecular complexity index is 643. The van der Waals surface area contributed by atoms with E-state index >= 15 is 0 Å². The molecule has 3 heterocycles. The van der Waals surface area contributed by atoms with Gasteiger partial charge in [-0.3, -0.25) is 5.32 Å². The molecule has 0 aliphatic rings. The van der Waals surface area contributed by atoms with Crippen molar-refractivity contribution in [2.24, 2.45) is 0 Å². The number of thiophene rings is 3. The van der Waals surface area contributed by atoms with Gasteiger partial charge in [-0.05, 0) is 41.9 Å². The molecular weight excluding hydrogens is 326 g/mol. The van der Waals surface area contributed by atoms with E-state index in [1.807, 2.05) is 6.07 Å². The predicted octanol–water partition coefficient (Wildman–Crippen LogP) is 5.96. The molecule has 1 N–H and O–H groups in total.